The zero-order valence-corrected chi connectivity index (χ0v) is 10.3. The van der Waals surface area contributed by atoms with Gasteiger partial charge >= 0.3 is 11.9 Å². The van der Waals surface area contributed by atoms with Crippen molar-refractivity contribution >= 4 is 23.3 Å². The Balaban J connectivity index is 2.56. The lowest BCUT2D eigenvalue weighted by atomic mass is 10.1. The van der Waals surface area contributed by atoms with E-state index in [0.717, 1.165) is 24.4 Å². The van der Waals surface area contributed by atoms with Gasteiger partial charge in [0.15, 0.2) is 5.69 Å². The Hall–Kier alpha value is -3.03. The van der Waals surface area contributed by atoms with E-state index in [4.69, 9.17) is 10.2 Å². The third kappa shape index (κ3) is 2.94. The number of aromatic nitrogens is 1. The van der Waals surface area contributed by atoms with Crippen LogP contribution in [0.1, 0.15) is 20.8 Å². The number of nitrogens with one attached hydrogen (secondary N) is 1. The predicted molar refractivity (Wildman–Crippen MR) is 67.8 cm³/mol. The van der Waals surface area contributed by atoms with Crippen LogP contribution in [-0.4, -0.2) is 27.1 Å². The summed E-state index contributed by atoms with van der Waals surface area (Å²) in [7, 11) is 0. The number of benzene rings is 1. The maximum atomic E-state index is 13.6. The molecule has 0 atom stereocenters. The molecule has 0 unspecified atom stereocenters. The molecular weight excluding hydrogens is 286 g/mol. The SMILES string of the molecule is O=C(O)c1ccnc(C(=O)O)c1Nc1ccc(F)cc1F. The average molecular weight is 294 g/mol. The van der Waals surface area contributed by atoms with Crippen LogP contribution < -0.4 is 5.32 Å². The molecular formula is C13H8F2N2O4. The van der Waals surface area contributed by atoms with E-state index in [-0.39, 0.29) is 11.4 Å². The summed E-state index contributed by atoms with van der Waals surface area (Å²) < 4.78 is 26.4. The topological polar surface area (TPSA) is 99.5 Å². The van der Waals surface area contributed by atoms with Crippen LogP contribution >= 0.6 is 0 Å². The lowest BCUT2D eigenvalue weighted by molar-refractivity contribution is 0.0691. The van der Waals surface area contributed by atoms with Crippen molar-refractivity contribution in [2.75, 3.05) is 5.32 Å². The van der Waals surface area contributed by atoms with Crippen LogP contribution in [0.25, 0.3) is 0 Å². The lowest BCUT2D eigenvalue weighted by Crippen LogP contribution is -2.11. The standard InChI is InChI=1S/C13H8F2N2O4/c14-6-1-2-9(8(15)5-6)17-10-7(12(18)19)3-4-16-11(10)13(20)21/h1-5,17H,(H,18,19)(H,20,21). The van der Waals surface area contributed by atoms with Crippen LogP contribution in [0.4, 0.5) is 20.2 Å². The van der Waals surface area contributed by atoms with Gasteiger partial charge in [-0.1, -0.05) is 0 Å². The van der Waals surface area contributed by atoms with Crippen molar-refractivity contribution in [2.45, 2.75) is 0 Å². The first kappa shape index (κ1) is 14.4. The van der Waals surface area contributed by atoms with Gasteiger partial charge in [-0.05, 0) is 18.2 Å². The normalized spacial score (nSPS) is 10.2. The number of halogens is 2. The first-order chi connectivity index (χ1) is 9.90. The Morgan fingerprint density at radius 1 is 1.10 bits per heavy atom. The zero-order chi connectivity index (χ0) is 15.6. The number of hydrogen-bond acceptors (Lipinski definition) is 4. The highest BCUT2D eigenvalue weighted by molar-refractivity contribution is 6.02. The Labute approximate surface area is 116 Å². The average Bonchev–Trinajstić information content (AvgIpc) is 2.41. The van der Waals surface area contributed by atoms with Gasteiger partial charge in [-0.25, -0.2) is 23.4 Å². The molecule has 0 aliphatic carbocycles. The molecule has 0 amide bonds. The van der Waals surface area contributed by atoms with Crippen molar-refractivity contribution in [3.05, 3.63) is 53.4 Å². The molecule has 8 heteroatoms. The maximum Gasteiger partial charge on any atom is 0.356 e. The van der Waals surface area contributed by atoms with Crippen LogP contribution in [0.5, 0.6) is 0 Å². The number of hydrogen-bond donors (Lipinski definition) is 3. The molecule has 2 aromatic rings. The van der Waals surface area contributed by atoms with Gasteiger partial charge in [-0.15, -0.1) is 0 Å². The minimum atomic E-state index is -1.48. The van der Waals surface area contributed by atoms with Gasteiger partial charge in [-0.2, -0.15) is 0 Å². The second-order valence-electron chi connectivity index (χ2n) is 3.94. The van der Waals surface area contributed by atoms with Crippen molar-refractivity contribution in [1.82, 2.24) is 4.98 Å². The number of anilines is 2. The van der Waals surface area contributed by atoms with Gasteiger partial charge in [0.2, 0.25) is 0 Å². The smallest absolute Gasteiger partial charge is 0.356 e. The molecule has 2 rings (SSSR count). The van der Waals surface area contributed by atoms with E-state index < -0.39 is 34.8 Å². The molecule has 3 N–H and O–H groups in total. The lowest BCUT2D eigenvalue weighted by Gasteiger charge is -2.12. The first-order valence-electron chi connectivity index (χ1n) is 5.58. The molecule has 0 bridgehead atoms. The molecule has 108 valence electrons. The maximum absolute atomic E-state index is 13.6. The van der Waals surface area contributed by atoms with Crippen LogP contribution in [0.2, 0.25) is 0 Å². The van der Waals surface area contributed by atoms with Gasteiger partial charge in [0, 0.05) is 12.3 Å². The van der Waals surface area contributed by atoms with E-state index in [9.17, 15) is 18.4 Å². The molecule has 21 heavy (non-hydrogen) atoms. The first-order valence-corrected chi connectivity index (χ1v) is 5.58. The molecule has 1 heterocycles. The van der Waals surface area contributed by atoms with E-state index in [2.05, 4.69) is 10.3 Å². The summed E-state index contributed by atoms with van der Waals surface area (Å²) in [5.74, 6) is -4.71. The van der Waals surface area contributed by atoms with Crippen molar-refractivity contribution in [3.63, 3.8) is 0 Å². The Morgan fingerprint density at radius 3 is 2.38 bits per heavy atom. The van der Waals surface area contributed by atoms with Crippen LogP contribution in [0, 0.1) is 11.6 Å². The van der Waals surface area contributed by atoms with Crippen molar-refractivity contribution in [3.8, 4) is 0 Å². The quantitative estimate of drug-likeness (QED) is 0.801. The fraction of sp³-hybridized carbons (Fsp3) is 0. The van der Waals surface area contributed by atoms with E-state index in [1.54, 1.807) is 0 Å². The highest BCUT2D eigenvalue weighted by Crippen LogP contribution is 2.26. The second kappa shape index (κ2) is 5.53. The third-order valence-corrected chi connectivity index (χ3v) is 2.57. The molecule has 1 aromatic carbocycles. The zero-order valence-electron chi connectivity index (χ0n) is 10.3. The summed E-state index contributed by atoms with van der Waals surface area (Å²) >= 11 is 0. The Morgan fingerprint density at radius 2 is 1.81 bits per heavy atom. The molecule has 0 saturated heterocycles. The summed E-state index contributed by atoms with van der Waals surface area (Å²) in [5.41, 5.74) is -1.64. The van der Waals surface area contributed by atoms with Crippen molar-refractivity contribution < 1.29 is 28.6 Å². The summed E-state index contributed by atoms with van der Waals surface area (Å²) in [6.07, 6.45) is 1.01. The Bertz CT molecular complexity index is 702. The van der Waals surface area contributed by atoms with Crippen molar-refractivity contribution in [2.24, 2.45) is 0 Å². The van der Waals surface area contributed by atoms with Gasteiger partial charge in [-0.3, -0.25) is 0 Å². The molecule has 1 aromatic heterocycles. The number of pyridine rings is 1. The Kier molecular flexibility index (Phi) is 3.79. The molecule has 0 saturated carbocycles. The highest BCUT2D eigenvalue weighted by Gasteiger charge is 2.20. The van der Waals surface area contributed by atoms with Crippen LogP contribution in [0.15, 0.2) is 30.5 Å². The van der Waals surface area contributed by atoms with Gasteiger partial charge in [0.1, 0.15) is 11.6 Å². The molecule has 0 aliphatic heterocycles. The number of carbonyl (C=O) groups is 2. The molecule has 0 fully saturated rings. The van der Waals surface area contributed by atoms with Crippen molar-refractivity contribution in [1.29, 1.82) is 0 Å². The van der Waals surface area contributed by atoms with Gasteiger partial charge < -0.3 is 15.5 Å². The fourth-order valence-corrected chi connectivity index (χ4v) is 1.65. The summed E-state index contributed by atoms with van der Waals surface area (Å²) in [6, 6.07) is 3.62. The summed E-state index contributed by atoms with van der Waals surface area (Å²) in [4.78, 5) is 25.7. The fourth-order valence-electron chi connectivity index (χ4n) is 1.65. The van der Waals surface area contributed by atoms with E-state index >= 15 is 0 Å². The summed E-state index contributed by atoms with van der Waals surface area (Å²) in [5, 5.41) is 20.4. The number of nitrogens with zero attached hydrogens (tertiary/aromatic N) is 1. The number of rotatable bonds is 4. The molecule has 0 aliphatic rings. The second-order valence-corrected chi connectivity index (χ2v) is 3.94. The number of carboxylic acids is 2. The third-order valence-electron chi connectivity index (χ3n) is 2.57. The molecule has 6 nitrogen and oxygen atoms in total. The van der Waals surface area contributed by atoms with Crippen LogP contribution in [0.3, 0.4) is 0 Å². The monoisotopic (exact) mass is 294 g/mol. The molecule has 0 radical (unpaired) electrons. The summed E-state index contributed by atoms with van der Waals surface area (Å²) in [6.45, 7) is 0. The van der Waals surface area contributed by atoms with Crippen LogP contribution in [-0.2, 0) is 0 Å². The number of carboxylic acid groups (broad SMARTS) is 2. The predicted octanol–water partition coefficient (Wildman–Crippen LogP) is 2.50. The molecule has 0 spiro atoms. The largest absolute Gasteiger partial charge is 0.478 e. The van der Waals surface area contributed by atoms with E-state index in [0.29, 0.717) is 6.07 Å². The van der Waals surface area contributed by atoms with E-state index in [1.165, 1.54) is 0 Å². The number of aromatic carboxylic acids is 2. The van der Waals surface area contributed by atoms with Gasteiger partial charge in [0.05, 0.1) is 16.9 Å². The highest BCUT2D eigenvalue weighted by atomic mass is 19.1. The minimum absolute atomic E-state index is 0.269. The van der Waals surface area contributed by atoms with E-state index in [1.807, 2.05) is 0 Å². The minimum Gasteiger partial charge on any atom is -0.478 e. The van der Waals surface area contributed by atoms with Gasteiger partial charge in [0.25, 0.3) is 0 Å².